The zero-order valence-corrected chi connectivity index (χ0v) is 24.7. The van der Waals surface area contributed by atoms with Crippen molar-refractivity contribution in [1.29, 1.82) is 0 Å². The van der Waals surface area contributed by atoms with Crippen LogP contribution in [-0.2, 0) is 9.59 Å². The van der Waals surface area contributed by atoms with E-state index in [-0.39, 0.29) is 18.1 Å². The maximum absolute atomic E-state index is 13.2. The molecular formula is C33H54N2O3. The van der Waals surface area contributed by atoms with E-state index < -0.39 is 0 Å². The van der Waals surface area contributed by atoms with Crippen LogP contribution in [0.4, 0.5) is 0 Å². The molecule has 1 aliphatic heterocycles. The molecule has 1 saturated heterocycles. The van der Waals surface area contributed by atoms with Crippen molar-refractivity contribution in [2.24, 2.45) is 52.3 Å². The molecule has 6 fully saturated rings. The van der Waals surface area contributed by atoms with Crippen LogP contribution in [0.3, 0.4) is 0 Å². The van der Waals surface area contributed by atoms with Gasteiger partial charge in [-0.3, -0.25) is 9.59 Å². The van der Waals surface area contributed by atoms with Gasteiger partial charge in [0.15, 0.2) is 0 Å². The highest BCUT2D eigenvalue weighted by Gasteiger charge is 2.60. The number of amides is 2. The third kappa shape index (κ3) is 4.55. The van der Waals surface area contributed by atoms with E-state index in [9.17, 15) is 14.7 Å². The summed E-state index contributed by atoms with van der Waals surface area (Å²) in [6.07, 6.45) is 15.2. The summed E-state index contributed by atoms with van der Waals surface area (Å²) in [4.78, 5) is 29.9. The van der Waals surface area contributed by atoms with Crippen molar-refractivity contribution in [2.45, 2.75) is 123 Å². The van der Waals surface area contributed by atoms with Gasteiger partial charge >= 0.3 is 0 Å². The maximum atomic E-state index is 13.2. The molecule has 0 bridgehead atoms. The minimum absolute atomic E-state index is 0.0600. The van der Waals surface area contributed by atoms with E-state index in [1.54, 1.807) is 0 Å². The molecule has 6 rings (SSSR count). The summed E-state index contributed by atoms with van der Waals surface area (Å²) in [6.45, 7) is 11.9. The number of hydrogen-bond acceptors (Lipinski definition) is 3. The molecular weight excluding hydrogens is 472 g/mol. The molecule has 2 amide bonds. The lowest BCUT2D eigenvalue weighted by molar-refractivity contribution is -0.143. The lowest BCUT2D eigenvalue weighted by Crippen LogP contribution is -2.55. The fourth-order valence-corrected chi connectivity index (χ4v) is 11.0. The first-order valence-corrected chi connectivity index (χ1v) is 16.4. The fourth-order valence-electron chi connectivity index (χ4n) is 11.0. The van der Waals surface area contributed by atoms with Crippen LogP contribution in [0.5, 0.6) is 0 Å². The van der Waals surface area contributed by atoms with Gasteiger partial charge < -0.3 is 14.9 Å². The summed E-state index contributed by atoms with van der Waals surface area (Å²) in [5.41, 5.74) is 0.883. The minimum atomic E-state index is -0.0600. The molecule has 0 radical (unpaired) electrons. The predicted octanol–water partition coefficient (Wildman–Crippen LogP) is 5.89. The van der Waals surface area contributed by atoms with Crippen LogP contribution in [-0.4, -0.2) is 58.5 Å². The Bertz CT molecular complexity index is 918. The first kappa shape index (κ1) is 27.1. The van der Waals surface area contributed by atoms with E-state index in [4.69, 9.17) is 0 Å². The van der Waals surface area contributed by atoms with Crippen molar-refractivity contribution in [1.82, 2.24) is 9.80 Å². The summed E-state index contributed by atoms with van der Waals surface area (Å²) >= 11 is 0. The van der Waals surface area contributed by atoms with Crippen LogP contribution in [0.15, 0.2) is 0 Å². The van der Waals surface area contributed by atoms with Gasteiger partial charge in [0.2, 0.25) is 11.8 Å². The van der Waals surface area contributed by atoms with Gasteiger partial charge in [-0.05, 0) is 130 Å². The van der Waals surface area contributed by atoms with Gasteiger partial charge in [-0.1, -0.05) is 20.8 Å². The molecule has 0 unspecified atom stereocenters. The molecule has 5 heteroatoms. The molecule has 0 aromatic heterocycles. The first-order chi connectivity index (χ1) is 18.1. The lowest BCUT2D eigenvalue weighted by Gasteiger charge is -2.61. The van der Waals surface area contributed by atoms with Gasteiger partial charge in [-0.15, -0.1) is 0 Å². The Morgan fingerprint density at radius 1 is 0.921 bits per heavy atom. The largest absolute Gasteiger partial charge is 0.393 e. The SMILES string of the molecule is C[C@H](CCC(=O)N1CCN(C(=O)C2CC2)[C@@H](C)C1)[C@H]1CC[C@H]2[C@@H]3CC[C@H]4C[C@@H](O)CC[C@]4(C)[C@H]3CC[C@]12C. The predicted molar refractivity (Wildman–Crippen MR) is 150 cm³/mol. The van der Waals surface area contributed by atoms with Crippen molar-refractivity contribution in [2.75, 3.05) is 19.6 Å². The molecule has 1 heterocycles. The number of carbonyl (C=O) groups excluding carboxylic acids is 2. The Morgan fingerprint density at radius 2 is 1.66 bits per heavy atom. The van der Waals surface area contributed by atoms with Crippen molar-refractivity contribution in [3.63, 3.8) is 0 Å². The second-order valence-corrected chi connectivity index (χ2v) is 15.3. The molecule has 1 N–H and O–H groups in total. The number of hydrogen-bond donors (Lipinski definition) is 1. The average Bonchev–Trinajstić information content (AvgIpc) is 3.68. The minimum Gasteiger partial charge on any atom is -0.393 e. The van der Waals surface area contributed by atoms with E-state index >= 15 is 0 Å². The van der Waals surface area contributed by atoms with Gasteiger partial charge in [0.1, 0.15) is 0 Å². The van der Waals surface area contributed by atoms with Gasteiger partial charge in [0.25, 0.3) is 0 Å². The van der Waals surface area contributed by atoms with E-state index in [2.05, 4.69) is 27.7 Å². The molecule has 5 nitrogen and oxygen atoms in total. The Balaban J connectivity index is 1.04. The van der Waals surface area contributed by atoms with Crippen molar-refractivity contribution in [3.05, 3.63) is 0 Å². The number of piperazine rings is 1. The van der Waals surface area contributed by atoms with Crippen LogP contribution in [0.2, 0.25) is 0 Å². The molecule has 6 aliphatic rings. The van der Waals surface area contributed by atoms with E-state index in [0.29, 0.717) is 54.6 Å². The molecule has 10 atom stereocenters. The summed E-state index contributed by atoms with van der Waals surface area (Å²) in [5.74, 6) is 5.54. The van der Waals surface area contributed by atoms with Crippen LogP contribution in [0.25, 0.3) is 0 Å². The van der Waals surface area contributed by atoms with Gasteiger partial charge in [0.05, 0.1) is 6.10 Å². The first-order valence-electron chi connectivity index (χ1n) is 16.4. The van der Waals surface area contributed by atoms with Crippen LogP contribution in [0, 0.1) is 52.3 Å². The quantitative estimate of drug-likeness (QED) is 0.486. The van der Waals surface area contributed by atoms with Gasteiger partial charge in [-0.25, -0.2) is 0 Å². The van der Waals surface area contributed by atoms with E-state index in [0.717, 1.165) is 61.7 Å². The van der Waals surface area contributed by atoms with Crippen molar-refractivity contribution < 1.29 is 14.7 Å². The molecule has 5 aliphatic carbocycles. The Labute approximate surface area is 231 Å². The maximum Gasteiger partial charge on any atom is 0.226 e. The number of aliphatic hydroxyl groups excluding tert-OH is 1. The normalized spacial score (nSPS) is 45.7. The zero-order valence-electron chi connectivity index (χ0n) is 24.7. The second-order valence-electron chi connectivity index (χ2n) is 15.3. The monoisotopic (exact) mass is 526 g/mol. The molecule has 5 saturated carbocycles. The van der Waals surface area contributed by atoms with Crippen LogP contribution < -0.4 is 0 Å². The van der Waals surface area contributed by atoms with Crippen LogP contribution >= 0.6 is 0 Å². The smallest absolute Gasteiger partial charge is 0.226 e. The van der Waals surface area contributed by atoms with Crippen molar-refractivity contribution in [3.8, 4) is 0 Å². The summed E-state index contributed by atoms with van der Waals surface area (Å²) < 4.78 is 0. The zero-order chi connectivity index (χ0) is 26.8. The number of aliphatic hydroxyl groups is 1. The number of nitrogens with zero attached hydrogens (tertiary/aromatic N) is 2. The summed E-state index contributed by atoms with van der Waals surface area (Å²) in [7, 11) is 0. The Morgan fingerprint density at radius 3 is 2.39 bits per heavy atom. The van der Waals surface area contributed by atoms with E-state index in [1.807, 2.05) is 9.80 Å². The number of fused-ring (bicyclic) bond motifs is 5. The van der Waals surface area contributed by atoms with E-state index in [1.165, 1.54) is 44.9 Å². The molecule has 0 aromatic rings. The lowest BCUT2D eigenvalue weighted by atomic mass is 9.44. The fraction of sp³-hybridized carbons (Fsp3) is 0.939. The highest BCUT2D eigenvalue weighted by molar-refractivity contribution is 5.82. The van der Waals surface area contributed by atoms with Crippen LogP contribution in [0.1, 0.15) is 111 Å². The standard InChI is InChI=1S/C33H54N2O3/c1-21(5-12-30(37)34-17-18-35(22(2)20-34)31(38)23-6-7-23)27-10-11-28-26-9-8-24-19-25(36)13-15-32(24,3)29(26)14-16-33(27,28)4/h21-29,36H,5-20H2,1-4H3/t21-,22+,24+,25+,26+,27-,28+,29+,32+,33-/m1/s1. The molecule has 0 spiro atoms. The Kier molecular flexibility index (Phi) is 7.18. The third-order valence-electron chi connectivity index (χ3n) is 13.4. The Hall–Kier alpha value is -1.10. The highest BCUT2D eigenvalue weighted by atomic mass is 16.3. The van der Waals surface area contributed by atoms with Gasteiger partial charge in [0, 0.05) is 38.0 Å². The third-order valence-corrected chi connectivity index (χ3v) is 13.4. The molecule has 214 valence electrons. The number of carbonyl (C=O) groups is 2. The molecule has 38 heavy (non-hydrogen) atoms. The van der Waals surface area contributed by atoms with Gasteiger partial charge in [-0.2, -0.15) is 0 Å². The second kappa shape index (κ2) is 10.1. The molecule has 0 aromatic carbocycles. The number of rotatable bonds is 5. The summed E-state index contributed by atoms with van der Waals surface area (Å²) in [5, 5.41) is 10.3. The summed E-state index contributed by atoms with van der Waals surface area (Å²) in [6, 6.07) is 0.146. The van der Waals surface area contributed by atoms with Crippen molar-refractivity contribution >= 4 is 11.8 Å². The topological polar surface area (TPSA) is 60.9 Å². The highest BCUT2D eigenvalue weighted by Crippen LogP contribution is 2.68. The average molecular weight is 527 g/mol.